The molecule has 0 aliphatic rings. The fourth-order valence-electron chi connectivity index (χ4n) is 0.312. The van der Waals surface area contributed by atoms with Crippen LogP contribution in [0.5, 0.6) is 0 Å². The highest BCUT2D eigenvalue weighted by Gasteiger charge is 1.95. The summed E-state index contributed by atoms with van der Waals surface area (Å²) in [5.41, 5.74) is 5.12. The van der Waals surface area contributed by atoms with Gasteiger partial charge in [-0.05, 0) is 0 Å². The second-order valence-corrected chi connectivity index (χ2v) is 2.01. The minimum Gasteiger partial charge on any atom is -0.353 e. The van der Waals surface area contributed by atoms with Gasteiger partial charge in [0.1, 0.15) is 29.6 Å². The van der Waals surface area contributed by atoms with Crippen LogP contribution in [0.25, 0.3) is 0 Å². The summed E-state index contributed by atoms with van der Waals surface area (Å²) in [5, 5.41) is 2.54. The fourth-order valence-corrected chi connectivity index (χ4v) is 0.595. The quantitative estimate of drug-likeness (QED) is 0.651. The molecule has 0 atom stereocenters. The van der Waals surface area contributed by atoms with Crippen LogP contribution in [0.2, 0.25) is 0 Å². The van der Waals surface area contributed by atoms with E-state index >= 15 is 0 Å². The van der Waals surface area contributed by atoms with E-state index in [4.69, 9.17) is 5.73 Å². The highest BCUT2D eigenvalue weighted by Crippen LogP contribution is 1.82. The second-order valence-electron chi connectivity index (χ2n) is 1.39. The maximum absolute atomic E-state index is 10.5. The lowest BCUT2D eigenvalue weighted by Gasteiger charge is -1.98. The monoisotopic (exact) mass is 244 g/mol. The van der Waals surface area contributed by atoms with Gasteiger partial charge in [0.2, 0.25) is 5.91 Å². The molecule has 0 saturated heterocycles. The molecule has 0 radical (unpaired) electrons. The van der Waals surface area contributed by atoms with Crippen LogP contribution >= 0.6 is 23.0 Å². The van der Waals surface area contributed by atoms with Crippen LogP contribution in [0.3, 0.4) is 0 Å². The van der Waals surface area contributed by atoms with E-state index in [0.29, 0.717) is 13.1 Å². The Morgan fingerprint density at radius 2 is 2.44 bits per heavy atom. The highest BCUT2D eigenvalue weighted by atomic mass is 127. The van der Waals surface area contributed by atoms with Gasteiger partial charge in [-0.25, -0.2) is 0 Å². The van der Waals surface area contributed by atoms with Crippen LogP contribution in [0.1, 0.15) is 0 Å². The number of carbonyl (C=O) groups excluding carboxylic acids is 1. The Hall–Kier alpha value is 0.120. The predicted octanol–water partition coefficient (Wildman–Crippen LogP) is -0.572. The number of hydrogen-bond acceptors (Lipinski definition) is 3. The first-order valence-electron chi connectivity index (χ1n) is 2.51. The van der Waals surface area contributed by atoms with E-state index in [1.807, 2.05) is 0 Å². The van der Waals surface area contributed by atoms with E-state index in [1.54, 1.807) is 23.0 Å². The highest BCUT2D eigenvalue weighted by molar-refractivity contribution is 14.1. The van der Waals surface area contributed by atoms with Crippen LogP contribution in [-0.2, 0) is 7.86 Å². The summed E-state index contributed by atoms with van der Waals surface area (Å²) < 4.78 is 4.52. The first-order valence-corrected chi connectivity index (χ1v) is 3.39. The molecule has 0 spiro atoms. The molecular formula is C4H9IN2O2. The van der Waals surface area contributed by atoms with Crippen molar-refractivity contribution in [3.63, 3.8) is 0 Å². The average Bonchev–Trinajstić information content (AvgIpc) is 1.85. The van der Waals surface area contributed by atoms with Crippen LogP contribution in [-0.4, -0.2) is 25.6 Å². The molecule has 0 saturated carbocycles. The molecule has 0 aromatic carbocycles. The Kier molecular flexibility index (Phi) is 6.33. The van der Waals surface area contributed by atoms with Crippen LogP contribution in [0.4, 0.5) is 0 Å². The van der Waals surface area contributed by atoms with E-state index in [9.17, 15) is 4.79 Å². The van der Waals surface area contributed by atoms with Crippen LogP contribution < -0.4 is 11.1 Å². The smallest absolute Gasteiger partial charge is 0.247 e. The topological polar surface area (TPSA) is 64.3 Å². The first-order chi connectivity index (χ1) is 4.31. The van der Waals surface area contributed by atoms with E-state index in [-0.39, 0.29) is 12.5 Å². The predicted molar refractivity (Wildman–Crippen MR) is 42.0 cm³/mol. The summed E-state index contributed by atoms with van der Waals surface area (Å²) in [6, 6.07) is 0. The molecule has 0 aromatic heterocycles. The van der Waals surface area contributed by atoms with Crippen molar-refractivity contribution >= 4 is 28.9 Å². The van der Waals surface area contributed by atoms with Crippen molar-refractivity contribution in [3.8, 4) is 0 Å². The van der Waals surface area contributed by atoms with Crippen molar-refractivity contribution in [2.75, 3.05) is 19.7 Å². The van der Waals surface area contributed by atoms with Gasteiger partial charge in [0.15, 0.2) is 0 Å². The van der Waals surface area contributed by atoms with Gasteiger partial charge in [0.05, 0.1) is 0 Å². The number of carbonyl (C=O) groups is 1. The van der Waals surface area contributed by atoms with Gasteiger partial charge >= 0.3 is 0 Å². The maximum Gasteiger partial charge on any atom is 0.247 e. The zero-order chi connectivity index (χ0) is 7.11. The summed E-state index contributed by atoms with van der Waals surface area (Å²) >= 11 is 1.66. The van der Waals surface area contributed by atoms with Gasteiger partial charge in [-0.2, -0.15) is 0 Å². The van der Waals surface area contributed by atoms with Crippen molar-refractivity contribution in [2.24, 2.45) is 5.73 Å². The molecule has 54 valence electrons. The third kappa shape index (κ3) is 6.00. The summed E-state index contributed by atoms with van der Waals surface area (Å²) in [6.45, 7) is 1.08. The summed E-state index contributed by atoms with van der Waals surface area (Å²) in [6.07, 6.45) is 0. The molecule has 9 heavy (non-hydrogen) atoms. The van der Waals surface area contributed by atoms with Crippen molar-refractivity contribution in [2.45, 2.75) is 0 Å². The average molecular weight is 244 g/mol. The van der Waals surface area contributed by atoms with Gasteiger partial charge in [-0.1, -0.05) is 0 Å². The zero-order valence-corrected chi connectivity index (χ0v) is 7.05. The Morgan fingerprint density at radius 1 is 1.78 bits per heavy atom. The van der Waals surface area contributed by atoms with E-state index in [2.05, 4.69) is 8.38 Å². The minimum absolute atomic E-state index is 0.0978. The van der Waals surface area contributed by atoms with Crippen LogP contribution in [0.15, 0.2) is 0 Å². The SMILES string of the molecule is NCCNC(=O)COI. The molecule has 4 nitrogen and oxygen atoms in total. The Bertz CT molecular complexity index is 88.6. The van der Waals surface area contributed by atoms with Crippen molar-refractivity contribution in [1.82, 2.24) is 5.32 Å². The zero-order valence-electron chi connectivity index (χ0n) is 4.89. The molecule has 1 amide bonds. The van der Waals surface area contributed by atoms with E-state index < -0.39 is 0 Å². The van der Waals surface area contributed by atoms with Crippen molar-refractivity contribution < 1.29 is 7.86 Å². The lowest BCUT2D eigenvalue weighted by atomic mass is 10.6. The molecule has 0 unspecified atom stereocenters. The number of nitrogens with two attached hydrogens (primary N) is 1. The van der Waals surface area contributed by atoms with Gasteiger partial charge in [0.25, 0.3) is 0 Å². The van der Waals surface area contributed by atoms with Gasteiger partial charge in [-0.3, -0.25) is 4.79 Å². The van der Waals surface area contributed by atoms with Gasteiger partial charge in [0, 0.05) is 13.1 Å². The third-order valence-corrected chi connectivity index (χ3v) is 0.964. The van der Waals surface area contributed by atoms with E-state index in [1.165, 1.54) is 0 Å². The Morgan fingerprint density at radius 3 is 2.89 bits per heavy atom. The molecule has 0 heterocycles. The largest absolute Gasteiger partial charge is 0.353 e. The van der Waals surface area contributed by atoms with Crippen molar-refractivity contribution in [3.05, 3.63) is 0 Å². The molecule has 0 fully saturated rings. The minimum atomic E-state index is -0.130. The summed E-state index contributed by atoms with van der Waals surface area (Å²) in [5.74, 6) is -0.130. The molecule has 0 aromatic rings. The van der Waals surface area contributed by atoms with Gasteiger partial charge < -0.3 is 14.1 Å². The summed E-state index contributed by atoms with van der Waals surface area (Å²) in [4.78, 5) is 10.5. The standard InChI is InChI=1S/C4H9IN2O2/c5-9-3-4(8)7-2-1-6/h1-3,6H2,(H,7,8). The first kappa shape index (κ1) is 9.12. The number of rotatable bonds is 4. The third-order valence-electron chi connectivity index (χ3n) is 0.652. The molecule has 5 heteroatoms. The molecule has 0 bridgehead atoms. The molecule has 3 N–H and O–H groups in total. The maximum atomic E-state index is 10.5. The fraction of sp³-hybridized carbons (Fsp3) is 0.750. The lowest BCUT2D eigenvalue weighted by Crippen LogP contribution is -2.31. The Balaban J connectivity index is 3.06. The number of amides is 1. The number of halogens is 1. The normalized spacial score (nSPS) is 9.11. The molecule has 0 aliphatic heterocycles. The van der Waals surface area contributed by atoms with E-state index in [0.717, 1.165) is 0 Å². The Labute approximate surface area is 67.8 Å². The summed E-state index contributed by atoms with van der Waals surface area (Å²) in [7, 11) is 0. The molecular weight excluding hydrogens is 235 g/mol. The number of hydrogen-bond donors (Lipinski definition) is 2. The van der Waals surface area contributed by atoms with Crippen molar-refractivity contribution in [1.29, 1.82) is 0 Å². The lowest BCUT2D eigenvalue weighted by molar-refractivity contribution is -0.122. The van der Waals surface area contributed by atoms with Gasteiger partial charge in [-0.15, -0.1) is 0 Å². The number of nitrogens with one attached hydrogen (secondary N) is 1. The molecule has 0 aliphatic carbocycles. The second kappa shape index (κ2) is 6.24. The van der Waals surface area contributed by atoms with Crippen LogP contribution in [0, 0.1) is 0 Å². The molecule has 0 rings (SSSR count).